The second-order valence-electron chi connectivity index (χ2n) is 9.87. The SMILES string of the molecule is CCCCC(CC(=O)c1cnc(N2CCC3=C(C2)C(C)=NC3)s1)Cc1c[nH]c2cc(C)ccc12. The van der Waals surface area contributed by atoms with Gasteiger partial charge >= 0.3 is 0 Å². The number of hydrogen-bond acceptors (Lipinski definition) is 5. The summed E-state index contributed by atoms with van der Waals surface area (Å²) >= 11 is 1.56. The summed E-state index contributed by atoms with van der Waals surface area (Å²) in [6.45, 7) is 9.14. The molecule has 1 atom stereocenters. The molecule has 2 aliphatic heterocycles. The van der Waals surface area contributed by atoms with Crippen LogP contribution in [-0.4, -0.2) is 41.1 Å². The molecule has 1 aromatic carbocycles. The maximum atomic E-state index is 13.3. The van der Waals surface area contributed by atoms with E-state index >= 15 is 0 Å². The summed E-state index contributed by atoms with van der Waals surface area (Å²) in [5.41, 5.74) is 7.79. The average molecular weight is 475 g/mol. The number of hydrogen-bond donors (Lipinski definition) is 1. The van der Waals surface area contributed by atoms with Crippen molar-refractivity contribution in [3.63, 3.8) is 0 Å². The Kier molecular flexibility index (Phi) is 6.68. The summed E-state index contributed by atoms with van der Waals surface area (Å²) in [7, 11) is 0. The minimum absolute atomic E-state index is 0.232. The van der Waals surface area contributed by atoms with Gasteiger partial charge in [0.2, 0.25) is 0 Å². The largest absolute Gasteiger partial charge is 0.361 e. The van der Waals surface area contributed by atoms with Gasteiger partial charge in [0.15, 0.2) is 10.9 Å². The second-order valence-corrected chi connectivity index (χ2v) is 10.9. The Hall–Kier alpha value is -2.73. The number of aromatic nitrogens is 2. The van der Waals surface area contributed by atoms with Crippen molar-refractivity contribution in [1.29, 1.82) is 0 Å². The number of H-pyrrole nitrogens is 1. The molecule has 0 radical (unpaired) electrons. The van der Waals surface area contributed by atoms with Crippen LogP contribution in [0.5, 0.6) is 0 Å². The van der Waals surface area contributed by atoms with Gasteiger partial charge < -0.3 is 9.88 Å². The first-order valence-corrected chi connectivity index (χ1v) is 13.4. The van der Waals surface area contributed by atoms with Gasteiger partial charge in [0, 0.05) is 42.3 Å². The van der Waals surface area contributed by atoms with Crippen LogP contribution in [0.1, 0.15) is 66.8 Å². The van der Waals surface area contributed by atoms with Crippen LogP contribution in [0.4, 0.5) is 5.13 Å². The minimum atomic E-state index is 0.232. The van der Waals surface area contributed by atoms with Crippen LogP contribution in [0.15, 0.2) is 46.7 Å². The quantitative estimate of drug-likeness (QED) is 0.358. The van der Waals surface area contributed by atoms with Crippen LogP contribution in [-0.2, 0) is 6.42 Å². The number of aryl methyl sites for hydroxylation is 1. The summed E-state index contributed by atoms with van der Waals surface area (Å²) in [6, 6.07) is 6.58. The molecule has 0 saturated heterocycles. The lowest BCUT2D eigenvalue weighted by Crippen LogP contribution is -2.32. The van der Waals surface area contributed by atoms with Crippen LogP contribution in [0.25, 0.3) is 10.9 Å². The van der Waals surface area contributed by atoms with Crippen LogP contribution in [0, 0.1) is 12.8 Å². The first-order valence-electron chi connectivity index (χ1n) is 12.5. The number of rotatable bonds is 9. The molecule has 4 heterocycles. The zero-order valence-electron chi connectivity index (χ0n) is 20.5. The fourth-order valence-corrected chi connectivity index (χ4v) is 6.16. The molecule has 0 saturated carbocycles. The molecule has 5 nitrogen and oxygen atoms in total. The highest BCUT2D eigenvalue weighted by Crippen LogP contribution is 2.32. The van der Waals surface area contributed by atoms with Crippen LogP contribution in [0.2, 0.25) is 0 Å². The smallest absolute Gasteiger partial charge is 0.186 e. The molecular formula is C28H34N4OS. The maximum Gasteiger partial charge on any atom is 0.186 e. The van der Waals surface area contributed by atoms with E-state index in [-0.39, 0.29) is 5.78 Å². The van der Waals surface area contributed by atoms with E-state index in [1.807, 2.05) is 0 Å². The third-order valence-electron chi connectivity index (χ3n) is 7.31. The molecule has 2 aliphatic rings. The third kappa shape index (κ3) is 4.74. The number of fused-ring (bicyclic) bond motifs is 1. The summed E-state index contributed by atoms with van der Waals surface area (Å²) in [6.07, 6.45) is 9.87. The van der Waals surface area contributed by atoms with Crippen molar-refractivity contribution < 1.29 is 4.79 Å². The molecule has 1 N–H and O–H groups in total. The minimum Gasteiger partial charge on any atom is -0.361 e. The number of aromatic amines is 1. The fraction of sp³-hybridized carbons (Fsp3) is 0.464. The van der Waals surface area contributed by atoms with Gasteiger partial charge in [-0.1, -0.05) is 43.2 Å². The van der Waals surface area contributed by atoms with Gasteiger partial charge in [-0.25, -0.2) is 4.98 Å². The van der Waals surface area contributed by atoms with Gasteiger partial charge in [0.1, 0.15) is 0 Å². The van der Waals surface area contributed by atoms with Crippen molar-refractivity contribution in [3.05, 3.63) is 57.7 Å². The van der Waals surface area contributed by atoms with E-state index in [2.05, 4.69) is 65.0 Å². The van der Waals surface area contributed by atoms with E-state index in [1.165, 1.54) is 38.9 Å². The molecule has 178 valence electrons. The summed E-state index contributed by atoms with van der Waals surface area (Å²) in [4.78, 5) is 29.1. The van der Waals surface area contributed by atoms with Crippen molar-refractivity contribution in [2.45, 2.75) is 59.3 Å². The molecule has 3 aromatic rings. The number of ketones is 1. The van der Waals surface area contributed by atoms with E-state index in [0.717, 1.165) is 61.7 Å². The Morgan fingerprint density at radius 3 is 3.03 bits per heavy atom. The number of thiazole rings is 1. The van der Waals surface area contributed by atoms with Gasteiger partial charge in [0.25, 0.3) is 0 Å². The number of nitrogens with zero attached hydrogens (tertiary/aromatic N) is 3. The fourth-order valence-electron chi connectivity index (χ4n) is 5.27. The summed E-state index contributed by atoms with van der Waals surface area (Å²) in [5, 5.41) is 2.25. The van der Waals surface area contributed by atoms with E-state index < -0.39 is 0 Å². The Labute approximate surface area is 206 Å². The number of anilines is 1. The van der Waals surface area contributed by atoms with Gasteiger partial charge in [0.05, 0.1) is 17.6 Å². The zero-order chi connectivity index (χ0) is 23.7. The van der Waals surface area contributed by atoms with E-state index in [0.29, 0.717) is 12.3 Å². The van der Waals surface area contributed by atoms with E-state index in [4.69, 9.17) is 0 Å². The second kappa shape index (κ2) is 9.87. The third-order valence-corrected chi connectivity index (χ3v) is 8.41. The molecule has 0 fully saturated rings. The van der Waals surface area contributed by atoms with Crippen molar-refractivity contribution in [2.24, 2.45) is 10.9 Å². The zero-order valence-corrected chi connectivity index (χ0v) is 21.3. The van der Waals surface area contributed by atoms with Crippen molar-refractivity contribution >= 4 is 38.9 Å². The van der Waals surface area contributed by atoms with Crippen LogP contribution < -0.4 is 4.90 Å². The Morgan fingerprint density at radius 2 is 2.18 bits per heavy atom. The number of nitrogens with one attached hydrogen (secondary N) is 1. The highest BCUT2D eigenvalue weighted by Gasteiger charge is 2.26. The first-order chi connectivity index (χ1) is 16.5. The molecule has 2 aromatic heterocycles. The van der Waals surface area contributed by atoms with Crippen LogP contribution >= 0.6 is 11.3 Å². The lowest BCUT2D eigenvalue weighted by atomic mass is 9.89. The van der Waals surface area contributed by atoms with E-state index in [1.54, 1.807) is 17.5 Å². The standard InChI is InChI=1S/C28H34N4OS/c1-4-5-6-20(12-22-15-30-25-11-18(2)7-8-23(22)25)13-26(33)27-16-31-28(34-27)32-10-9-21-14-29-19(3)24(21)17-32/h7-8,11,15-16,20,30H,4-6,9-10,12-14,17H2,1-3H3. The molecule has 0 aliphatic carbocycles. The van der Waals surface area contributed by atoms with Crippen molar-refractivity contribution in [1.82, 2.24) is 9.97 Å². The van der Waals surface area contributed by atoms with Gasteiger partial charge in [-0.3, -0.25) is 9.79 Å². The Morgan fingerprint density at radius 1 is 1.29 bits per heavy atom. The lowest BCUT2D eigenvalue weighted by Gasteiger charge is -2.28. The molecule has 1 unspecified atom stereocenters. The average Bonchev–Trinajstić information content (AvgIpc) is 3.56. The molecule has 0 spiro atoms. The number of aliphatic imine (C=N–C) groups is 1. The number of carbonyl (C=O) groups excluding carboxylic acids is 1. The number of carbonyl (C=O) groups is 1. The Bertz CT molecular complexity index is 1260. The highest BCUT2D eigenvalue weighted by molar-refractivity contribution is 7.17. The normalized spacial score (nSPS) is 16.8. The van der Waals surface area contributed by atoms with Crippen molar-refractivity contribution in [3.8, 4) is 0 Å². The lowest BCUT2D eigenvalue weighted by molar-refractivity contribution is 0.0962. The van der Waals surface area contributed by atoms with Gasteiger partial charge in [-0.2, -0.15) is 0 Å². The molecular weight excluding hydrogens is 440 g/mol. The Balaban J connectivity index is 1.27. The summed E-state index contributed by atoms with van der Waals surface area (Å²) in [5.74, 6) is 0.578. The number of benzene rings is 1. The van der Waals surface area contributed by atoms with Crippen LogP contribution in [0.3, 0.4) is 0 Å². The number of Topliss-reactive ketones (excluding diaryl/α,β-unsaturated/α-hetero) is 1. The molecule has 5 rings (SSSR count). The predicted molar refractivity (Wildman–Crippen MR) is 143 cm³/mol. The van der Waals surface area contributed by atoms with E-state index in [9.17, 15) is 4.79 Å². The topological polar surface area (TPSA) is 61.4 Å². The van der Waals surface area contributed by atoms with Crippen molar-refractivity contribution in [2.75, 3.05) is 24.5 Å². The molecule has 6 heteroatoms. The highest BCUT2D eigenvalue weighted by atomic mass is 32.1. The first kappa shape index (κ1) is 23.0. The van der Waals surface area contributed by atoms with Gasteiger partial charge in [-0.05, 0) is 67.4 Å². The monoisotopic (exact) mass is 474 g/mol. The summed E-state index contributed by atoms with van der Waals surface area (Å²) < 4.78 is 0. The maximum absolute atomic E-state index is 13.3. The molecule has 0 bridgehead atoms. The molecule has 34 heavy (non-hydrogen) atoms. The molecule has 0 amide bonds. The number of unbranched alkanes of at least 4 members (excludes halogenated alkanes) is 1. The predicted octanol–water partition coefficient (Wildman–Crippen LogP) is 6.54. The van der Waals surface area contributed by atoms with Gasteiger partial charge in [-0.15, -0.1) is 0 Å².